The molecule has 0 radical (unpaired) electrons. The Bertz CT molecular complexity index is 608. The van der Waals surface area contributed by atoms with Crippen LogP contribution in [0.1, 0.15) is 25.0 Å². The molecule has 0 aliphatic heterocycles. The van der Waals surface area contributed by atoms with Gasteiger partial charge in [-0.15, -0.1) is 0 Å². The molecule has 2 rings (SSSR count). The third kappa shape index (κ3) is 4.69. The van der Waals surface area contributed by atoms with Gasteiger partial charge in [0.2, 0.25) is 0 Å². The third-order valence-electron chi connectivity index (χ3n) is 3.40. The van der Waals surface area contributed by atoms with Crippen LogP contribution in [0.25, 0.3) is 0 Å². The second kappa shape index (κ2) is 7.74. The molecule has 0 aromatic heterocycles. The van der Waals surface area contributed by atoms with Crippen molar-refractivity contribution in [2.45, 2.75) is 33.8 Å². The lowest BCUT2D eigenvalue weighted by Gasteiger charge is -2.16. The lowest BCUT2D eigenvalue weighted by Crippen LogP contribution is -2.15. The van der Waals surface area contributed by atoms with Crippen LogP contribution >= 0.6 is 0 Å². The Morgan fingerprint density at radius 2 is 1.59 bits per heavy atom. The summed E-state index contributed by atoms with van der Waals surface area (Å²) >= 11 is 0. The molecule has 0 aliphatic rings. The number of aryl methyl sites for hydroxylation is 2. The highest BCUT2D eigenvalue weighted by atomic mass is 16.5. The number of hydrogen-bond acceptors (Lipinski definition) is 3. The lowest BCUT2D eigenvalue weighted by atomic mass is 10.1. The first-order chi connectivity index (χ1) is 10.6. The van der Waals surface area contributed by atoms with E-state index in [1.54, 1.807) is 0 Å². The molecule has 0 spiro atoms. The quantitative estimate of drug-likeness (QED) is 0.732. The summed E-state index contributed by atoms with van der Waals surface area (Å²) in [5, 5.41) is 6.92. The summed E-state index contributed by atoms with van der Waals surface area (Å²) in [6.45, 7) is 10.0. The molecule has 3 heteroatoms. The second-order valence-corrected chi connectivity index (χ2v) is 5.83. The van der Waals surface area contributed by atoms with E-state index in [1.165, 1.54) is 16.8 Å². The predicted octanol–water partition coefficient (Wildman–Crippen LogP) is 4.61. The molecule has 2 aromatic carbocycles. The van der Waals surface area contributed by atoms with Gasteiger partial charge in [0.1, 0.15) is 5.75 Å². The van der Waals surface area contributed by atoms with Gasteiger partial charge in [0.15, 0.2) is 0 Å². The van der Waals surface area contributed by atoms with Crippen LogP contribution in [-0.2, 0) is 0 Å². The highest BCUT2D eigenvalue weighted by Gasteiger charge is 2.04. The van der Waals surface area contributed by atoms with Crippen LogP contribution in [0.4, 0.5) is 11.4 Å². The third-order valence-corrected chi connectivity index (χ3v) is 3.40. The largest absolute Gasteiger partial charge is 0.489 e. The monoisotopic (exact) mass is 298 g/mol. The number of benzene rings is 2. The minimum absolute atomic E-state index is 0.177. The van der Waals surface area contributed by atoms with Crippen molar-refractivity contribution in [3.8, 4) is 5.75 Å². The van der Waals surface area contributed by atoms with E-state index < -0.39 is 0 Å². The van der Waals surface area contributed by atoms with E-state index in [9.17, 15) is 0 Å². The van der Waals surface area contributed by atoms with Crippen LogP contribution in [0.2, 0.25) is 0 Å². The Kier molecular flexibility index (Phi) is 5.70. The molecule has 0 unspecified atom stereocenters. The Hall–Kier alpha value is -2.16. The summed E-state index contributed by atoms with van der Waals surface area (Å²) in [6.07, 6.45) is 0.177. The number of para-hydroxylation sites is 2. The highest BCUT2D eigenvalue weighted by Crippen LogP contribution is 2.24. The first-order valence-corrected chi connectivity index (χ1v) is 7.87. The van der Waals surface area contributed by atoms with Crippen LogP contribution in [0, 0.1) is 13.8 Å². The highest BCUT2D eigenvalue weighted by molar-refractivity contribution is 5.57. The predicted molar refractivity (Wildman–Crippen MR) is 95.1 cm³/mol. The molecule has 2 N–H and O–H groups in total. The number of hydrogen-bond donors (Lipinski definition) is 2. The van der Waals surface area contributed by atoms with Crippen molar-refractivity contribution >= 4 is 11.4 Å². The van der Waals surface area contributed by atoms with E-state index >= 15 is 0 Å². The zero-order valence-electron chi connectivity index (χ0n) is 13.9. The molecule has 0 atom stereocenters. The molecule has 2 aromatic rings. The number of rotatable bonds is 7. The summed E-state index contributed by atoms with van der Waals surface area (Å²) in [7, 11) is 0. The normalized spacial score (nSPS) is 10.6. The van der Waals surface area contributed by atoms with Crippen molar-refractivity contribution in [2.24, 2.45) is 0 Å². The zero-order chi connectivity index (χ0) is 15.9. The van der Waals surface area contributed by atoms with E-state index in [2.05, 4.69) is 48.7 Å². The van der Waals surface area contributed by atoms with Gasteiger partial charge < -0.3 is 15.4 Å². The van der Waals surface area contributed by atoms with E-state index in [1.807, 2.05) is 32.0 Å². The van der Waals surface area contributed by atoms with Crippen LogP contribution in [-0.4, -0.2) is 19.2 Å². The summed E-state index contributed by atoms with van der Waals surface area (Å²) in [4.78, 5) is 0. The summed E-state index contributed by atoms with van der Waals surface area (Å²) in [6, 6.07) is 14.5. The van der Waals surface area contributed by atoms with Crippen LogP contribution in [0.15, 0.2) is 42.5 Å². The second-order valence-electron chi connectivity index (χ2n) is 5.83. The summed E-state index contributed by atoms with van der Waals surface area (Å²) in [5.41, 5.74) is 4.79. The van der Waals surface area contributed by atoms with E-state index in [0.29, 0.717) is 0 Å². The van der Waals surface area contributed by atoms with Crippen LogP contribution in [0.3, 0.4) is 0 Å². The average molecular weight is 298 g/mol. The molecular formula is C19H26N2O. The minimum Gasteiger partial charge on any atom is -0.489 e. The Labute approximate surface area is 133 Å². The van der Waals surface area contributed by atoms with Crippen LogP contribution in [0.5, 0.6) is 5.75 Å². The maximum Gasteiger partial charge on any atom is 0.142 e. The molecule has 3 nitrogen and oxygen atoms in total. The van der Waals surface area contributed by atoms with Gasteiger partial charge in [0, 0.05) is 18.8 Å². The molecule has 22 heavy (non-hydrogen) atoms. The van der Waals surface area contributed by atoms with Gasteiger partial charge >= 0.3 is 0 Å². The molecular weight excluding hydrogens is 272 g/mol. The fraction of sp³-hybridized carbons (Fsp3) is 0.368. The van der Waals surface area contributed by atoms with Crippen molar-refractivity contribution in [1.82, 2.24) is 0 Å². The van der Waals surface area contributed by atoms with Crippen molar-refractivity contribution in [3.05, 3.63) is 53.6 Å². The van der Waals surface area contributed by atoms with Gasteiger partial charge in [0.25, 0.3) is 0 Å². The summed E-state index contributed by atoms with van der Waals surface area (Å²) < 4.78 is 5.81. The SMILES string of the molecule is Cc1ccc(C)c(NCCNc2ccccc2OC(C)C)c1. The van der Waals surface area contributed by atoms with Gasteiger partial charge in [-0.25, -0.2) is 0 Å². The molecule has 118 valence electrons. The first-order valence-electron chi connectivity index (χ1n) is 7.87. The molecule has 0 saturated heterocycles. The van der Waals surface area contributed by atoms with Gasteiger partial charge in [-0.1, -0.05) is 24.3 Å². The molecule has 0 heterocycles. The average Bonchev–Trinajstić information content (AvgIpc) is 2.48. The Morgan fingerprint density at radius 1 is 0.909 bits per heavy atom. The first kappa shape index (κ1) is 16.2. The van der Waals surface area contributed by atoms with Gasteiger partial charge in [-0.05, 0) is 57.0 Å². The van der Waals surface area contributed by atoms with Gasteiger partial charge in [0.05, 0.1) is 11.8 Å². The van der Waals surface area contributed by atoms with Crippen molar-refractivity contribution in [1.29, 1.82) is 0 Å². The van der Waals surface area contributed by atoms with Crippen molar-refractivity contribution in [3.63, 3.8) is 0 Å². The minimum atomic E-state index is 0.177. The lowest BCUT2D eigenvalue weighted by molar-refractivity contribution is 0.243. The Balaban J connectivity index is 1.88. The zero-order valence-corrected chi connectivity index (χ0v) is 13.9. The van der Waals surface area contributed by atoms with E-state index in [4.69, 9.17) is 4.74 Å². The molecule has 0 aliphatic carbocycles. The maximum absolute atomic E-state index is 5.81. The maximum atomic E-state index is 5.81. The van der Waals surface area contributed by atoms with E-state index in [0.717, 1.165) is 24.5 Å². The number of ether oxygens (including phenoxy) is 1. The van der Waals surface area contributed by atoms with Crippen LogP contribution < -0.4 is 15.4 Å². The molecule has 0 amide bonds. The van der Waals surface area contributed by atoms with Gasteiger partial charge in [-0.3, -0.25) is 0 Å². The smallest absolute Gasteiger partial charge is 0.142 e. The van der Waals surface area contributed by atoms with Crippen molar-refractivity contribution in [2.75, 3.05) is 23.7 Å². The van der Waals surface area contributed by atoms with Gasteiger partial charge in [-0.2, -0.15) is 0 Å². The fourth-order valence-corrected chi connectivity index (χ4v) is 2.29. The molecule has 0 bridgehead atoms. The summed E-state index contributed by atoms with van der Waals surface area (Å²) in [5.74, 6) is 0.907. The Morgan fingerprint density at radius 3 is 2.32 bits per heavy atom. The molecule has 0 fully saturated rings. The number of anilines is 2. The van der Waals surface area contributed by atoms with Crippen molar-refractivity contribution < 1.29 is 4.74 Å². The number of nitrogens with one attached hydrogen (secondary N) is 2. The standard InChI is InChI=1S/C19H26N2O/c1-14(2)22-19-8-6-5-7-17(19)20-11-12-21-18-13-15(3)9-10-16(18)4/h5-10,13-14,20-21H,11-12H2,1-4H3. The van der Waals surface area contributed by atoms with E-state index in [-0.39, 0.29) is 6.10 Å². The topological polar surface area (TPSA) is 33.3 Å². The fourth-order valence-electron chi connectivity index (χ4n) is 2.29. The molecule has 0 saturated carbocycles.